The van der Waals surface area contributed by atoms with E-state index in [2.05, 4.69) is 6.92 Å². The summed E-state index contributed by atoms with van der Waals surface area (Å²) < 4.78 is 5.29. The minimum Gasteiger partial charge on any atom is -0.497 e. The average Bonchev–Trinajstić information content (AvgIpc) is 2.48. The van der Waals surface area contributed by atoms with Gasteiger partial charge >= 0.3 is 0 Å². The van der Waals surface area contributed by atoms with E-state index in [1.165, 1.54) is 0 Å². The number of fused-ring (bicyclic) bond motifs is 1. The second-order valence-electron chi connectivity index (χ2n) is 5.09. The molecule has 0 bridgehead atoms. The van der Waals surface area contributed by atoms with Crippen LogP contribution in [0.4, 0.5) is 11.4 Å². The summed E-state index contributed by atoms with van der Waals surface area (Å²) in [7, 11) is 1.66. The number of carbonyl (C=O) groups is 1. The van der Waals surface area contributed by atoms with Gasteiger partial charge in [0.1, 0.15) is 5.75 Å². The van der Waals surface area contributed by atoms with Crippen LogP contribution in [0.15, 0.2) is 48.5 Å². The highest BCUT2D eigenvalue weighted by Crippen LogP contribution is 2.41. The molecule has 0 saturated heterocycles. The normalized spacial score (nSPS) is 17.8. The molecule has 1 amide bonds. The van der Waals surface area contributed by atoms with Gasteiger partial charge in [0.15, 0.2) is 0 Å². The zero-order valence-electron chi connectivity index (χ0n) is 11.7. The number of benzene rings is 2. The number of hydrogen-bond donors (Lipinski definition) is 0. The minimum atomic E-state index is 0.140. The number of anilines is 2. The van der Waals surface area contributed by atoms with Crippen molar-refractivity contribution in [2.75, 3.05) is 12.0 Å². The second kappa shape index (κ2) is 5.00. The Bertz CT molecular complexity index is 637. The molecule has 1 atom stereocenters. The maximum absolute atomic E-state index is 12.4. The second-order valence-corrected chi connectivity index (χ2v) is 5.09. The van der Waals surface area contributed by atoms with Crippen molar-refractivity contribution in [3.05, 3.63) is 54.1 Å². The van der Waals surface area contributed by atoms with Gasteiger partial charge < -0.3 is 4.74 Å². The van der Waals surface area contributed by atoms with Crippen molar-refractivity contribution >= 4 is 17.3 Å². The van der Waals surface area contributed by atoms with Crippen LogP contribution in [0.1, 0.15) is 24.8 Å². The standard InChI is InChI=1S/C17H17NO2/c1-12-10-17(19)18(13-6-4-3-5-7-13)16-9-8-14(20-2)11-15(12)16/h3-9,11-12H,10H2,1-2H3. The average molecular weight is 267 g/mol. The molecule has 3 heteroatoms. The molecule has 0 spiro atoms. The molecule has 0 aromatic heterocycles. The van der Waals surface area contributed by atoms with Crippen molar-refractivity contribution in [1.82, 2.24) is 0 Å². The number of carbonyl (C=O) groups excluding carboxylic acids is 1. The minimum absolute atomic E-state index is 0.140. The molecular formula is C17H17NO2. The molecule has 1 unspecified atom stereocenters. The number of amides is 1. The molecule has 1 heterocycles. The van der Waals surface area contributed by atoms with E-state index in [1.54, 1.807) is 12.0 Å². The van der Waals surface area contributed by atoms with E-state index in [-0.39, 0.29) is 11.8 Å². The summed E-state index contributed by atoms with van der Waals surface area (Å²) in [6.07, 6.45) is 0.523. The third-order valence-corrected chi connectivity index (χ3v) is 3.75. The number of hydrogen-bond acceptors (Lipinski definition) is 2. The van der Waals surface area contributed by atoms with Crippen molar-refractivity contribution < 1.29 is 9.53 Å². The Morgan fingerprint density at radius 3 is 2.60 bits per heavy atom. The largest absolute Gasteiger partial charge is 0.497 e. The predicted molar refractivity (Wildman–Crippen MR) is 79.6 cm³/mol. The monoisotopic (exact) mass is 267 g/mol. The Morgan fingerprint density at radius 1 is 1.15 bits per heavy atom. The van der Waals surface area contributed by atoms with E-state index < -0.39 is 0 Å². The molecule has 3 rings (SSSR count). The molecular weight excluding hydrogens is 250 g/mol. The van der Waals surface area contributed by atoms with Gasteiger partial charge in [-0.25, -0.2) is 0 Å². The van der Waals surface area contributed by atoms with Gasteiger partial charge in [0.25, 0.3) is 0 Å². The van der Waals surface area contributed by atoms with Crippen LogP contribution in [-0.4, -0.2) is 13.0 Å². The Labute approximate surface area is 118 Å². The zero-order chi connectivity index (χ0) is 14.1. The highest BCUT2D eigenvalue weighted by atomic mass is 16.5. The van der Waals surface area contributed by atoms with Crippen LogP contribution in [-0.2, 0) is 4.79 Å². The van der Waals surface area contributed by atoms with Crippen LogP contribution >= 0.6 is 0 Å². The summed E-state index contributed by atoms with van der Waals surface area (Å²) in [5.74, 6) is 1.19. The lowest BCUT2D eigenvalue weighted by molar-refractivity contribution is -0.118. The highest BCUT2D eigenvalue weighted by Gasteiger charge is 2.30. The van der Waals surface area contributed by atoms with Gasteiger partial charge in [0.2, 0.25) is 5.91 Å². The molecule has 0 saturated carbocycles. The van der Waals surface area contributed by atoms with Crippen molar-refractivity contribution in [1.29, 1.82) is 0 Å². The van der Waals surface area contributed by atoms with E-state index in [9.17, 15) is 4.79 Å². The summed E-state index contributed by atoms with van der Waals surface area (Å²) in [5.41, 5.74) is 3.03. The van der Waals surface area contributed by atoms with E-state index in [0.29, 0.717) is 6.42 Å². The lowest BCUT2D eigenvalue weighted by Gasteiger charge is -2.33. The lowest BCUT2D eigenvalue weighted by atomic mass is 9.90. The Balaban J connectivity index is 2.14. The topological polar surface area (TPSA) is 29.5 Å². The lowest BCUT2D eigenvalue weighted by Crippen LogP contribution is -2.32. The first-order valence-corrected chi connectivity index (χ1v) is 6.76. The van der Waals surface area contributed by atoms with E-state index >= 15 is 0 Å². The zero-order valence-corrected chi connectivity index (χ0v) is 11.7. The fourth-order valence-corrected chi connectivity index (χ4v) is 2.72. The maximum atomic E-state index is 12.4. The molecule has 3 nitrogen and oxygen atoms in total. The van der Waals surface area contributed by atoms with Gasteiger partial charge in [-0.15, -0.1) is 0 Å². The molecule has 0 N–H and O–H groups in total. The summed E-state index contributed by atoms with van der Waals surface area (Å²) in [6, 6.07) is 15.7. The van der Waals surface area contributed by atoms with Crippen LogP contribution in [0.5, 0.6) is 5.75 Å². The van der Waals surface area contributed by atoms with Gasteiger partial charge in [0, 0.05) is 12.1 Å². The third-order valence-electron chi connectivity index (χ3n) is 3.75. The molecule has 2 aromatic rings. The van der Waals surface area contributed by atoms with Gasteiger partial charge in [-0.05, 0) is 41.8 Å². The van der Waals surface area contributed by atoms with E-state index in [0.717, 1.165) is 22.7 Å². The van der Waals surface area contributed by atoms with Crippen molar-refractivity contribution in [3.63, 3.8) is 0 Å². The molecule has 2 aromatic carbocycles. The quantitative estimate of drug-likeness (QED) is 0.826. The van der Waals surface area contributed by atoms with Gasteiger partial charge in [-0.1, -0.05) is 25.1 Å². The van der Waals surface area contributed by atoms with Gasteiger partial charge in [-0.2, -0.15) is 0 Å². The highest BCUT2D eigenvalue weighted by molar-refractivity contribution is 6.03. The van der Waals surface area contributed by atoms with Gasteiger partial charge in [0.05, 0.1) is 12.8 Å². The van der Waals surface area contributed by atoms with Gasteiger partial charge in [-0.3, -0.25) is 9.69 Å². The summed E-state index contributed by atoms with van der Waals surface area (Å²) in [4.78, 5) is 14.2. The fourth-order valence-electron chi connectivity index (χ4n) is 2.72. The number of methoxy groups -OCH3 is 1. The van der Waals surface area contributed by atoms with Crippen LogP contribution in [0.3, 0.4) is 0 Å². The Kier molecular flexibility index (Phi) is 3.18. The van der Waals surface area contributed by atoms with Crippen molar-refractivity contribution in [2.24, 2.45) is 0 Å². The van der Waals surface area contributed by atoms with E-state index in [1.807, 2.05) is 48.5 Å². The van der Waals surface area contributed by atoms with E-state index in [4.69, 9.17) is 4.74 Å². The fraction of sp³-hybridized carbons (Fsp3) is 0.235. The summed E-state index contributed by atoms with van der Waals surface area (Å²) >= 11 is 0. The molecule has 20 heavy (non-hydrogen) atoms. The number of ether oxygens (including phenoxy) is 1. The van der Waals surface area contributed by atoms with Crippen LogP contribution in [0, 0.1) is 0 Å². The summed E-state index contributed by atoms with van der Waals surface area (Å²) in [6.45, 7) is 2.08. The smallest absolute Gasteiger partial charge is 0.232 e. The number of para-hydroxylation sites is 1. The van der Waals surface area contributed by atoms with Crippen LogP contribution < -0.4 is 9.64 Å². The third kappa shape index (κ3) is 2.05. The van der Waals surface area contributed by atoms with Crippen LogP contribution in [0.25, 0.3) is 0 Å². The van der Waals surface area contributed by atoms with Crippen molar-refractivity contribution in [3.8, 4) is 5.75 Å². The first kappa shape index (κ1) is 12.7. The van der Waals surface area contributed by atoms with Crippen LogP contribution in [0.2, 0.25) is 0 Å². The molecule has 102 valence electrons. The molecule has 0 aliphatic carbocycles. The maximum Gasteiger partial charge on any atom is 0.232 e. The first-order valence-electron chi connectivity index (χ1n) is 6.76. The molecule has 0 radical (unpaired) electrons. The number of nitrogens with zero attached hydrogens (tertiary/aromatic N) is 1. The first-order chi connectivity index (χ1) is 9.70. The predicted octanol–water partition coefficient (Wildman–Crippen LogP) is 3.87. The Hall–Kier alpha value is -2.29. The Morgan fingerprint density at radius 2 is 1.90 bits per heavy atom. The SMILES string of the molecule is COc1ccc2c(c1)C(C)CC(=O)N2c1ccccc1. The summed E-state index contributed by atoms with van der Waals surface area (Å²) in [5, 5.41) is 0. The number of rotatable bonds is 2. The molecule has 0 fully saturated rings. The molecule has 1 aliphatic heterocycles. The molecule has 1 aliphatic rings. The van der Waals surface area contributed by atoms with Crippen molar-refractivity contribution in [2.45, 2.75) is 19.3 Å².